The van der Waals surface area contributed by atoms with Crippen molar-refractivity contribution < 1.29 is 9.59 Å². The monoisotopic (exact) mass is 298 g/mol. The number of carbonyl (C=O) groups excluding carboxylic acids is 2. The molecule has 0 aromatic rings. The predicted molar refractivity (Wildman–Crippen MR) is 82.7 cm³/mol. The molecule has 2 rings (SSSR count). The summed E-state index contributed by atoms with van der Waals surface area (Å²) in [6.07, 6.45) is 3.70. The smallest absolute Gasteiger partial charge is 0.246 e. The van der Waals surface area contributed by atoms with Crippen molar-refractivity contribution in [3.8, 4) is 0 Å². The molecule has 2 fully saturated rings. The lowest BCUT2D eigenvalue weighted by Crippen LogP contribution is -2.67. The number of carbonyl (C=O) groups is 2. The highest BCUT2D eigenvalue weighted by Gasteiger charge is 2.44. The number of amides is 2. The van der Waals surface area contributed by atoms with Crippen LogP contribution in [0.2, 0.25) is 0 Å². The summed E-state index contributed by atoms with van der Waals surface area (Å²) in [6.45, 7) is 6.11. The molecule has 0 bridgehead atoms. The van der Waals surface area contributed by atoms with Crippen LogP contribution in [-0.2, 0) is 9.59 Å². The van der Waals surface area contributed by atoms with Gasteiger partial charge in [0, 0.05) is 6.04 Å². The normalized spacial score (nSPS) is 28.9. The Morgan fingerprint density at radius 2 is 1.95 bits per heavy atom. The van der Waals surface area contributed by atoms with Gasteiger partial charge in [-0.1, -0.05) is 27.2 Å². The third kappa shape index (κ3) is 3.13. The Morgan fingerprint density at radius 1 is 1.30 bits per heavy atom. The molecule has 0 radical (unpaired) electrons. The summed E-state index contributed by atoms with van der Waals surface area (Å²) in [5.74, 6) is 2.54. The molecule has 2 amide bonds. The minimum absolute atomic E-state index is 0.0382. The maximum Gasteiger partial charge on any atom is 0.246 e. The van der Waals surface area contributed by atoms with Crippen LogP contribution in [0.3, 0.4) is 0 Å². The van der Waals surface area contributed by atoms with Crippen LogP contribution in [0.4, 0.5) is 0 Å². The lowest BCUT2D eigenvalue weighted by Gasteiger charge is -2.46. The highest BCUT2D eigenvalue weighted by Crippen LogP contribution is 2.29. The van der Waals surface area contributed by atoms with Crippen LogP contribution in [0.25, 0.3) is 0 Å². The second-order valence-corrected chi connectivity index (χ2v) is 7.35. The van der Waals surface area contributed by atoms with E-state index in [2.05, 4.69) is 12.2 Å². The maximum absolute atomic E-state index is 12.8. The van der Waals surface area contributed by atoms with Gasteiger partial charge in [0.25, 0.3) is 0 Å². The molecule has 20 heavy (non-hydrogen) atoms. The van der Waals surface area contributed by atoms with E-state index >= 15 is 0 Å². The molecule has 114 valence electrons. The number of nitrogens with one attached hydrogen (secondary N) is 1. The molecule has 2 saturated heterocycles. The molecule has 2 heterocycles. The van der Waals surface area contributed by atoms with E-state index in [0.29, 0.717) is 0 Å². The van der Waals surface area contributed by atoms with Gasteiger partial charge in [-0.05, 0) is 36.7 Å². The van der Waals surface area contributed by atoms with Crippen LogP contribution in [0.1, 0.15) is 46.5 Å². The van der Waals surface area contributed by atoms with Gasteiger partial charge < -0.3 is 10.2 Å². The van der Waals surface area contributed by atoms with Crippen molar-refractivity contribution in [1.29, 1.82) is 0 Å². The zero-order valence-corrected chi connectivity index (χ0v) is 13.5. The molecular formula is C15H26N2O2S. The first-order chi connectivity index (χ1) is 9.56. The molecule has 1 N–H and O–H groups in total. The molecule has 0 saturated carbocycles. The Bertz CT molecular complexity index is 367. The van der Waals surface area contributed by atoms with Gasteiger partial charge >= 0.3 is 0 Å². The Kier molecular flexibility index (Phi) is 5.35. The average Bonchev–Trinajstić information content (AvgIpc) is 2.43. The zero-order chi connectivity index (χ0) is 14.7. The van der Waals surface area contributed by atoms with E-state index in [1.165, 1.54) is 0 Å². The van der Waals surface area contributed by atoms with Crippen molar-refractivity contribution in [2.24, 2.45) is 5.92 Å². The van der Waals surface area contributed by atoms with Crippen molar-refractivity contribution in [2.45, 2.75) is 64.6 Å². The third-order valence-electron chi connectivity index (χ3n) is 4.23. The van der Waals surface area contributed by atoms with Crippen LogP contribution in [0.5, 0.6) is 0 Å². The van der Waals surface area contributed by atoms with Gasteiger partial charge in [-0.3, -0.25) is 9.59 Å². The summed E-state index contributed by atoms with van der Waals surface area (Å²) >= 11 is 1.95. The third-order valence-corrected chi connectivity index (χ3v) is 5.28. The second-order valence-electron chi connectivity index (χ2n) is 6.13. The molecule has 5 heteroatoms. The van der Waals surface area contributed by atoms with Gasteiger partial charge in [0.1, 0.15) is 12.1 Å². The molecule has 0 aromatic heterocycles. The summed E-state index contributed by atoms with van der Waals surface area (Å²) in [5, 5.41) is 2.93. The standard InChI is InChI=1S/C15H26N2O2S/c1-4-5-12-15(19)17(11-6-8-20-9-7-11)13(10(2)3)14(18)16-12/h10-13H,4-9H2,1-3H3,(H,16,18). The van der Waals surface area contributed by atoms with Gasteiger partial charge in [0.05, 0.1) is 0 Å². The number of thioether (sulfide) groups is 1. The fourth-order valence-corrected chi connectivity index (χ4v) is 4.32. The quantitative estimate of drug-likeness (QED) is 0.864. The summed E-state index contributed by atoms with van der Waals surface area (Å²) < 4.78 is 0. The topological polar surface area (TPSA) is 49.4 Å². The van der Waals surface area contributed by atoms with Crippen molar-refractivity contribution in [2.75, 3.05) is 11.5 Å². The molecule has 2 aliphatic heterocycles. The highest BCUT2D eigenvalue weighted by molar-refractivity contribution is 7.99. The molecule has 2 atom stereocenters. The Hall–Kier alpha value is -0.710. The first-order valence-electron chi connectivity index (χ1n) is 7.76. The number of rotatable bonds is 4. The molecule has 0 aliphatic carbocycles. The summed E-state index contributed by atoms with van der Waals surface area (Å²) in [7, 11) is 0. The predicted octanol–water partition coefficient (Wildman–Crippen LogP) is 2.03. The first-order valence-corrected chi connectivity index (χ1v) is 8.92. The number of hydrogen-bond donors (Lipinski definition) is 1. The van der Waals surface area contributed by atoms with Crippen molar-refractivity contribution in [3.63, 3.8) is 0 Å². The van der Waals surface area contributed by atoms with E-state index in [1.807, 2.05) is 30.5 Å². The van der Waals surface area contributed by atoms with Crippen LogP contribution in [0, 0.1) is 5.92 Å². The van der Waals surface area contributed by atoms with Crippen LogP contribution < -0.4 is 5.32 Å². The Morgan fingerprint density at radius 3 is 2.50 bits per heavy atom. The van der Waals surface area contributed by atoms with E-state index in [1.54, 1.807) is 0 Å². The number of hydrogen-bond acceptors (Lipinski definition) is 3. The Labute approximate surface area is 126 Å². The van der Waals surface area contributed by atoms with Gasteiger partial charge in [0.15, 0.2) is 0 Å². The SMILES string of the molecule is CCCC1NC(=O)C(C(C)C)N(C2CCSCC2)C1=O. The fraction of sp³-hybridized carbons (Fsp3) is 0.867. The van der Waals surface area contributed by atoms with E-state index in [4.69, 9.17) is 0 Å². The van der Waals surface area contributed by atoms with Crippen molar-refractivity contribution >= 4 is 23.6 Å². The number of piperazine rings is 1. The summed E-state index contributed by atoms with van der Waals surface area (Å²) in [5.41, 5.74) is 0. The van der Waals surface area contributed by atoms with Crippen LogP contribution in [-0.4, -0.2) is 46.3 Å². The van der Waals surface area contributed by atoms with Gasteiger partial charge in [0.2, 0.25) is 11.8 Å². The average molecular weight is 298 g/mol. The minimum atomic E-state index is -0.308. The molecule has 0 aromatic carbocycles. The molecular weight excluding hydrogens is 272 g/mol. The van der Waals surface area contributed by atoms with Gasteiger partial charge in [-0.25, -0.2) is 0 Å². The maximum atomic E-state index is 12.8. The molecule has 4 nitrogen and oxygen atoms in total. The zero-order valence-electron chi connectivity index (χ0n) is 12.7. The summed E-state index contributed by atoms with van der Waals surface area (Å²) in [4.78, 5) is 27.1. The highest BCUT2D eigenvalue weighted by atomic mass is 32.2. The van der Waals surface area contributed by atoms with E-state index in [9.17, 15) is 9.59 Å². The lowest BCUT2D eigenvalue weighted by atomic mass is 9.92. The van der Waals surface area contributed by atoms with E-state index in [0.717, 1.165) is 37.2 Å². The minimum Gasteiger partial charge on any atom is -0.342 e. The lowest BCUT2D eigenvalue weighted by molar-refractivity contribution is -0.154. The fourth-order valence-electron chi connectivity index (χ4n) is 3.24. The molecule has 0 spiro atoms. The van der Waals surface area contributed by atoms with E-state index in [-0.39, 0.29) is 35.9 Å². The summed E-state index contributed by atoms with van der Waals surface area (Å²) in [6, 6.07) is -0.345. The molecule has 2 aliphatic rings. The van der Waals surface area contributed by atoms with Crippen molar-refractivity contribution in [3.05, 3.63) is 0 Å². The number of nitrogens with zero attached hydrogens (tertiary/aromatic N) is 1. The first kappa shape index (κ1) is 15.7. The molecule has 2 unspecified atom stereocenters. The van der Waals surface area contributed by atoms with Crippen LogP contribution >= 0.6 is 11.8 Å². The van der Waals surface area contributed by atoms with Crippen LogP contribution in [0.15, 0.2) is 0 Å². The van der Waals surface area contributed by atoms with Gasteiger partial charge in [-0.2, -0.15) is 11.8 Å². The van der Waals surface area contributed by atoms with E-state index < -0.39 is 0 Å². The van der Waals surface area contributed by atoms with Crippen molar-refractivity contribution in [1.82, 2.24) is 10.2 Å². The van der Waals surface area contributed by atoms with Gasteiger partial charge in [-0.15, -0.1) is 0 Å². The Balaban J connectivity index is 2.23. The largest absolute Gasteiger partial charge is 0.342 e. The second kappa shape index (κ2) is 6.83.